The average molecular weight is 609 g/mol. The minimum Gasteiger partial charge on any atom is -0.366 e. The molecule has 3 unspecified atom stereocenters. The van der Waals surface area contributed by atoms with Gasteiger partial charge in [0.1, 0.15) is 4.32 Å². The van der Waals surface area contributed by atoms with E-state index in [-0.39, 0.29) is 0 Å². The molecule has 0 amide bonds. The highest BCUT2D eigenvalue weighted by atomic mass is 33.1. The zero-order chi connectivity index (χ0) is 27.9. The largest absolute Gasteiger partial charge is 0.366 e. The van der Waals surface area contributed by atoms with Crippen molar-refractivity contribution in [1.82, 2.24) is 19.6 Å². The van der Waals surface area contributed by atoms with Crippen LogP contribution in [0.2, 0.25) is 0 Å². The normalized spacial score (nSPS) is 31.7. The summed E-state index contributed by atoms with van der Waals surface area (Å²) in [7, 11) is 3.49. The Balaban J connectivity index is 0.000000181. The van der Waals surface area contributed by atoms with Crippen LogP contribution in [0.25, 0.3) is 0 Å². The molecule has 2 bridgehead atoms. The van der Waals surface area contributed by atoms with E-state index in [0.717, 1.165) is 36.4 Å². The van der Waals surface area contributed by atoms with Gasteiger partial charge < -0.3 is 9.80 Å². The zero-order valence-corrected chi connectivity index (χ0v) is 28.2. The molecular formula is C31H52N4S4. The van der Waals surface area contributed by atoms with E-state index >= 15 is 0 Å². The Morgan fingerprint density at radius 3 is 2.38 bits per heavy atom. The van der Waals surface area contributed by atoms with Crippen molar-refractivity contribution in [2.24, 2.45) is 5.92 Å². The van der Waals surface area contributed by atoms with Gasteiger partial charge in [-0.2, -0.15) is 0 Å². The Kier molecular flexibility index (Phi) is 12.1. The standard InChI is InChI=1S/C16H28N2S.C15H24N2S3/c1-3-7-16(8-5-6-15(4-2)13-16)18-11-9-17(14-19)10-12-18;1-12-9-13-3-4-15(10-12,11-13)17-7-5-16(6-8-17)14(18)20-19-2/h6,14H,3-5,7-13H2,1-2H3;3,12H,4-11H2,1-2H3. The van der Waals surface area contributed by atoms with Gasteiger partial charge in [-0.25, -0.2) is 0 Å². The van der Waals surface area contributed by atoms with Gasteiger partial charge in [-0.05, 0) is 80.8 Å². The van der Waals surface area contributed by atoms with Crippen LogP contribution in [-0.4, -0.2) is 99.1 Å². The minimum absolute atomic E-state index is 0.447. The molecule has 0 aromatic carbocycles. The van der Waals surface area contributed by atoms with Crippen LogP contribution in [0, 0.1) is 5.92 Å². The lowest BCUT2D eigenvalue weighted by Gasteiger charge is -2.50. The molecule has 0 spiro atoms. The first-order valence-corrected chi connectivity index (χ1v) is 18.9. The summed E-state index contributed by atoms with van der Waals surface area (Å²) in [6, 6.07) is 0. The molecule has 0 N–H and O–H groups in total. The van der Waals surface area contributed by atoms with Gasteiger partial charge in [0, 0.05) is 63.4 Å². The fraction of sp³-hybridized carbons (Fsp3) is 0.806. The summed E-state index contributed by atoms with van der Waals surface area (Å²) in [6.45, 7) is 16.2. The molecule has 3 atom stereocenters. The van der Waals surface area contributed by atoms with E-state index in [0.29, 0.717) is 11.1 Å². The maximum atomic E-state index is 5.49. The zero-order valence-electron chi connectivity index (χ0n) is 25.0. The van der Waals surface area contributed by atoms with Gasteiger partial charge in [-0.1, -0.05) is 85.7 Å². The molecule has 5 aliphatic rings. The third-order valence-electron chi connectivity index (χ3n) is 9.93. The van der Waals surface area contributed by atoms with Gasteiger partial charge >= 0.3 is 0 Å². The highest BCUT2D eigenvalue weighted by Crippen LogP contribution is 2.47. The van der Waals surface area contributed by atoms with E-state index in [4.69, 9.17) is 24.4 Å². The first kappa shape index (κ1) is 31.8. The third kappa shape index (κ3) is 7.84. The third-order valence-corrected chi connectivity index (χ3v) is 12.6. The lowest BCUT2D eigenvalue weighted by Crippen LogP contribution is -2.57. The number of hydrogen-bond donors (Lipinski definition) is 0. The molecule has 39 heavy (non-hydrogen) atoms. The fourth-order valence-electron chi connectivity index (χ4n) is 8.04. The van der Waals surface area contributed by atoms with E-state index in [1.54, 1.807) is 32.7 Å². The molecule has 0 aromatic heterocycles. The van der Waals surface area contributed by atoms with Crippen LogP contribution in [-0.2, 0) is 0 Å². The van der Waals surface area contributed by atoms with Crippen molar-refractivity contribution in [3.8, 4) is 0 Å². The average Bonchev–Trinajstić information content (AvgIpc) is 3.29. The first-order chi connectivity index (χ1) is 18.9. The van der Waals surface area contributed by atoms with Gasteiger partial charge in [-0.3, -0.25) is 9.80 Å². The Labute approximate surface area is 258 Å². The van der Waals surface area contributed by atoms with Crippen LogP contribution in [0.4, 0.5) is 0 Å². The van der Waals surface area contributed by atoms with Gasteiger partial charge in [0.2, 0.25) is 0 Å². The van der Waals surface area contributed by atoms with Crippen LogP contribution in [0.15, 0.2) is 23.3 Å². The Morgan fingerprint density at radius 2 is 1.74 bits per heavy atom. The molecule has 2 heterocycles. The molecule has 8 heteroatoms. The van der Waals surface area contributed by atoms with Gasteiger partial charge in [-0.15, -0.1) is 0 Å². The van der Waals surface area contributed by atoms with Gasteiger partial charge in [0.25, 0.3) is 0 Å². The highest BCUT2D eigenvalue weighted by molar-refractivity contribution is 8.83. The first-order valence-electron chi connectivity index (χ1n) is 15.4. The van der Waals surface area contributed by atoms with Crippen LogP contribution < -0.4 is 0 Å². The van der Waals surface area contributed by atoms with Gasteiger partial charge in [0.15, 0.2) is 0 Å². The molecule has 3 fully saturated rings. The molecule has 2 aliphatic heterocycles. The van der Waals surface area contributed by atoms with Crippen molar-refractivity contribution in [3.05, 3.63) is 23.3 Å². The maximum absolute atomic E-state index is 5.49. The fourth-order valence-corrected chi connectivity index (χ4v) is 10.2. The van der Waals surface area contributed by atoms with Crippen LogP contribution in [0.1, 0.15) is 85.0 Å². The number of hydrogen-bond acceptors (Lipinski definition) is 6. The second-order valence-electron chi connectivity index (χ2n) is 12.5. The number of rotatable bonds is 7. The number of allylic oxidation sites excluding steroid dienone is 1. The lowest BCUT2D eigenvalue weighted by molar-refractivity contribution is 0.0332. The molecule has 220 valence electrons. The lowest BCUT2D eigenvalue weighted by atomic mass is 9.76. The molecule has 1 saturated carbocycles. The van der Waals surface area contributed by atoms with E-state index in [9.17, 15) is 0 Å². The van der Waals surface area contributed by atoms with Crippen molar-refractivity contribution in [2.45, 2.75) is 96.1 Å². The Hall–Kier alpha value is -0.120. The van der Waals surface area contributed by atoms with Crippen LogP contribution >= 0.6 is 46.0 Å². The molecule has 4 nitrogen and oxygen atoms in total. The number of nitrogens with zero attached hydrogens (tertiary/aromatic N) is 4. The summed E-state index contributed by atoms with van der Waals surface area (Å²) in [5, 5.41) is 0. The summed E-state index contributed by atoms with van der Waals surface area (Å²) < 4.78 is 1.07. The summed E-state index contributed by atoms with van der Waals surface area (Å²) in [5.41, 5.74) is 6.15. The van der Waals surface area contributed by atoms with Crippen molar-refractivity contribution in [1.29, 1.82) is 0 Å². The highest BCUT2D eigenvalue weighted by Gasteiger charge is 2.45. The second-order valence-corrected chi connectivity index (χ2v) is 15.7. The predicted molar refractivity (Wildman–Crippen MR) is 182 cm³/mol. The Bertz CT molecular complexity index is 891. The minimum atomic E-state index is 0.447. The van der Waals surface area contributed by atoms with Crippen molar-refractivity contribution < 1.29 is 0 Å². The summed E-state index contributed by atoms with van der Waals surface area (Å²) in [5.74, 6) is 0.864. The summed E-state index contributed by atoms with van der Waals surface area (Å²) in [6.07, 6.45) is 20.3. The quantitative estimate of drug-likeness (QED) is 0.166. The number of thiocarbonyl (C=S) groups is 2. The summed E-state index contributed by atoms with van der Waals surface area (Å²) in [4.78, 5) is 10.2. The topological polar surface area (TPSA) is 13.0 Å². The summed E-state index contributed by atoms with van der Waals surface area (Å²) >= 11 is 10.5. The van der Waals surface area contributed by atoms with Crippen LogP contribution in [0.3, 0.4) is 0 Å². The Morgan fingerprint density at radius 1 is 1.03 bits per heavy atom. The SMILES string of the molecule is CCCC1(N2CCN(C=S)CC2)CCC=C(CC)C1.CSSC(=S)N1CCN(C23CC=C(CC(C)C2)C3)CC1. The second kappa shape index (κ2) is 14.9. The van der Waals surface area contributed by atoms with Crippen molar-refractivity contribution in [2.75, 3.05) is 58.6 Å². The van der Waals surface area contributed by atoms with Crippen molar-refractivity contribution in [3.63, 3.8) is 0 Å². The van der Waals surface area contributed by atoms with Gasteiger partial charge in [0.05, 0.1) is 5.49 Å². The molecule has 0 radical (unpaired) electrons. The van der Waals surface area contributed by atoms with Crippen molar-refractivity contribution >= 4 is 55.8 Å². The molecular weight excluding hydrogens is 557 g/mol. The van der Waals surface area contributed by atoms with Crippen LogP contribution in [0.5, 0.6) is 0 Å². The van der Waals surface area contributed by atoms with E-state index < -0.39 is 0 Å². The smallest absolute Gasteiger partial charge is 0.147 e. The monoisotopic (exact) mass is 608 g/mol. The predicted octanol–water partition coefficient (Wildman–Crippen LogP) is 7.41. The molecule has 5 rings (SSSR count). The van der Waals surface area contributed by atoms with E-state index in [1.807, 2.05) is 5.49 Å². The van der Waals surface area contributed by atoms with E-state index in [1.165, 1.54) is 90.4 Å². The number of fused-ring (bicyclic) bond motifs is 2. The maximum Gasteiger partial charge on any atom is 0.147 e. The molecule has 3 aliphatic carbocycles. The molecule has 2 saturated heterocycles. The number of piperazine rings is 2. The molecule has 0 aromatic rings. The van der Waals surface area contributed by atoms with E-state index in [2.05, 4.69) is 58.8 Å².